The van der Waals surface area contributed by atoms with Crippen LogP contribution in [-0.2, 0) is 6.61 Å². The number of methoxy groups -OCH3 is 1. The van der Waals surface area contributed by atoms with Crippen molar-refractivity contribution in [3.63, 3.8) is 0 Å². The van der Waals surface area contributed by atoms with Crippen molar-refractivity contribution in [3.05, 3.63) is 116 Å². The fourth-order valence-corrected chi connectivity index (χ4v) is 6.23. The topological polar surface area (TPSA) is 203 Å². The van der Waals surface area contributed by atoms with Gasteiger partial charge in [0.05, 0.1) is 40.6 Å². The first kappa shape index (κ1) is 30.4. The van der Waals surface area contributed by atoms with Gasteiger partial charge in [0.2, 0.25) is 0 Å². The highest BCUT2D eigenvalue weighted by Crippen LogP contribution is 2.31. The molecule has 8 N–H and O–H groups in total. The molecule has 0 bridgehead atoms. The van der Waals surface area contributed by atoms with Crippen LogP contribution in [0, 0.1) is 13.8 Å². The van der Waals surface area contributed by atoms with Gasteiger partial charge in [-0.3, -0.25) is 19.8 Å². The second-order valence-electron chi connectivity index (χ2n) is 12.1. The lowest BCUT2D eigenvalue weighted by Gasteiger charge is -2.12. The number of aromatic nitrogens is 8. The number of imidazole rings is 2. The van der Waals surface area contributed by atoms with Crippen LogP contribution in [0.5, 0.6) is 11.5 Å². The maximum Gasteiger partial charge on any atom is 0.277 e. The Hall–Kier alpha value is -6.96. The van der Waals surface area contributed by atoms with Crippen LogP contribution in [0.4, 0.5) is 11.6 Å². The van der Waals surface area contributed by atoms with Gasteiger partial charge in [-0.2, -0.15) is 0 Å². The van der Waals surface area contributed by atoms with Gasteiger partial charge in [-0.05, 0) is 66.9 Å². The highest BCUT2D eigenvalue weighted by atomic mass is 16.5. The van der Waals surface area contributed by atoms with Crippen LogP contribution in [0.25, 0.3) is 56.2 Å². The van der Waals surface area contributed by atoms with E-state index in [-0.39, 0.29) is 34.9 Å². The Morgan fingerprint density at radius 3 is 1.90 bits per heavy atom. The van der Waals surface area contributed by atoms with Crippen LogP contribution in [-0.4, -0.2) is 46.6 Å². The molecular formula is C36H32N10O4. The van der Waals surface area contributed by atoms with Crippen LogP contribution in [0.3, 0.4) is 0 Å². The first-order chi connectivity index (χ1) is 24.1. The molecule has 14 nitrogen and oxygen atoms in total. The molecule has 4 aromatic carbocycles. The molecule has 0 spiro atoms. The number of aryl methyl sites for hydroxylation is 2. The summed E-state index contributed by atoms with van der Waals surface area (Å²) in [7, 11) is 1.54. The SMILES string of the molecule is COc1cc(OCc2ccc3nc(-c4c(N)n(-c5cc(C)cc(C)c5)[nH]c4=O)[nH]c3c2)cc(-n2[nH]c(=O)c(-c3nc4ccccc4[nH]3)c2N)c1. The number of para-hydroxylation sites is 2. The largest absolute Gasteiger partial charge is 0.497 e. The quantitative estimate of drug-likeness (QED) is 0.128. The summed E-state index contributed by atoms with van der Waals surface area (Å²) in [5, 5.41) is 5.64. The van der Waals surface area contributed by atoms with E-state index in [4.69, 9.17) is 20.9 Å². The minimum Gasteiger partial charge on any atom is -0.497 e. The van der Waals surface area contributed by atoms with E-state index in [0.29, 0.717) is 39.9 Å². The lowest BCUT2D eigenvalue weighted by molar-refractivity contribution is 0.303. The van der Waals surface area contributed by atoms with Gasteiger partial charge in [-0.1, -0.05) is 24.3 Å². The van der Waals surface area contributed by atoms with Gasteiger partial charge in [0.15, 0.2) is 0 Å². The summed E-state index contributed by atoms with van der Waals surface area (Å²) in [6.45, 7) is 4.18. The zero-order chi connectivity index (χ0) is 34.7. The summed E-state index contributed by atoms with van der Waals surface area (Å²) >= 11 is 0. The molecule has 0 saturated carbocycles. The number of aromatic amines is 4. The van der Waals surface area contributed by atoms with Gasteiger partial charge >= 0.3 is 0 Å². The molecule has 0 aliphatic carbocycles. The number of nitrogens with one attached hydrogen (secondary N) is 4. The van der Waals surface area contributed by atoms with Gasteiger partial charge in [0.25, 0.3) is 11.1 Å². The number of benzene rings is 4. The van der Waals surface area contributed by atoms with E-state index in [9.17, 15) is 9.59 Å². The summed E-state index contributed by atoms with van der Waals surface area (Å²) in [4.78, 5) is 41.7. The Bertz CT molecular complexity index is 2650. The number of nitrogens with zero attached hydrogens (tertiary/aromatic N) is 4. The van der Waals surface area contributed by atoms with E-state index in [2.05, 4.69) is 36.2 Å². The fourth-order valence-electron chi connectivity index (χ4n) is 6.23. The Kier molecular flexibility index (Phi) is 7.06. The predicted octanol–water partition coefficient (Wildman–Crippen LogP) is 5.10. The lowest BCUT2D eigenvalue weighted by Crippen LogP contribution is -2.06. The molecule has 8 aromatic rings. The smallest absolute Gasteiger partial charge is 0.277 e. The van der Waals surface area contributed by atoms with E-state index in [0.717, 1.165) is 33.4 Å². The normalized spacial score (nSPS) is 11.5. The highest BCUT2D eigenvalue weighted by Gasteiger charge is 2.21. The molecule has 0 saturated heterocycles. The molecule has 0 aliphatic heterocycles. The van der Waals surface area contributed by atoms with Gasteiger partial charge in [-0.25, -0.2) is 19.3 Å². The summed E-state index contributed by atoms with van der Waals surface area (Å²) in [5.74, 6) is 2.14. The monoisotopic (exact) mass is 668 g/mol. The standard InChI is InChI=1S/C36H32N10O4/c1-18-10-19(2)12-21(11-18)45-31(37)30(36(48)43-45)34-41-27-9-8-20(13-28(27)42-34)17-50-24-15-22(14-23(16-24)49-3)46-32(38)29(35(47)44-46)33-39-25-6-4-5-7-26(25)40-33/h4-16H,17,37-38H2,1-3H3,(H,39,40)(H,41,42)(H,43,48)(H,44,47). The van der Waals surface area contributed by atoms with Crippen LogP contribution >= 0.6 is 0 Å². The molecule has 8 rings (SSSR count). The molecule has 50 heavy (non-hydrogen) atoms. The molecular weight excluding hydrogens is 636 g/mol. The van der Waals surface area contributed by atoms with Crippen molar-refractivity contribution >= 4 is 33.7 Å². The van der Waals surface area contributed by atoms with E-state index in [1.54, 1.807) is 30.0 Å². The van der Waals surface area contributed by atoms with Crippen molar-refractivity contribution in [1.82, 2.24) is 39.5 Å². The Morgan fingerprint density at radius 1 is 0.680 bits per heavy atom. The number of fused-ring (bicyclic) bond motifs is 2. The molecule has 0 fully saturated rings. The minimum absolute atomic E-state index is 0.178. The van der Waals surface area contributed by atoms with Crippen LogP contribution in [0.15, 0.2) is 88.5 Å². The van der Waals surface area contributed by atoms with E-state index < -0.39 is 5.56 Å². The van der Waals surface area contributed by atoms with Gasteiger partial charge < -0.3 is 30.9 Å². The van der Waals surface area contributed by atoms with E-state index >= 15 is 0 Å². The predicted molar refractivity (Wildman–Crippen MR) is 192 cm³/mol. The second kappa shape index (κ2) is 11.6. The maximum atomic E-state index is 13.1. The van der Waals surface area contributed by atoms with Gasteiger partial charge in [-0.15, -0.1) is 0 Å². The third-order valence-corrected chi connectivity index (χ3v) is 8.51. The third kappa shape index (κ3) is 5.24. The van der Waals surface area contributed by atoms with Crippen LogP contribution in [0.1, 0.15) is 16.7 Å². The molecule has 4 aromatic heterocycles. The molecule has 0 unspecified atom stereocenters. The average molecular weight is 669 g/mol. The Morgan fingerprint density at radius 2 is 1.26 bits per heavy atom. The molecule has 14 heteroatoms. The highest BCUT2D eigenvalue weighted by molar-refractivity contribution is 5.83. The minimum atomic E-state index is -0.398. The summed E-state index contributed by atoms with van der Waals surface area (Å²) in [5.41, 5.74) is 19.8. The number of nitrogens with two attached hydrogens (primary N) is 2. The van der Waals surface area contributed by atoms with Crippen LogP contribution in [0.2, 0.25) is 0 Å². The molecule has 0 amide bonds. The second-order valence-corrected chi connectivity index (χ2v) is 12.1. The van der Waals surface area contributed by atoms with Crippen molar-refractivity contribution in [3.8, 4) is 45.6 Å². The summed E-state index contributed by atoms with van der Waals surface area (Å²) in [6, 6.07) is 24.3. The first-order valence-corrected chi connectivity index (χ1v) is 15.7. The zero-order valence-electron chi connectivity index (χ0n) is 27.3. The number of hydrogen-bond donors (Lipinski definition) is 6. The zero-order valence-corrected chi connectivity index (χ0v) is 27.3. The van der Waals surface area contributed by atoms with Gasteiger partial charge in [0.1, 0.15) is 52.5 Å². The number of hydrogen-bond acceptors (Lipinski definition) is 8. The number of ether oxygens (including phenoxy) is 2. The summed E-state index contributed by atoms with van der Waals surface area (Å²) < 4.78 is 14.8. The molecule has 0 aliphatic rings. The molecule has 0 atom stereocenters. The fraction of sp³-hybridized carbons (Fsp3) is 0.111. The molecule has 4 heterocycles. The first-order valence-electron chi connectivity index (χ1n) is 15.7. The Balaban J connectivity index is 1.06. The van der Waals surface area contributed by atoms with Crippen molar-refractivity contribution < 1.29 is 9.47 Å². The average Bonchev–Trinajstić information content (AvgIpc) is 3.85. The van der Waals surface area contributed by atoms with Crippen LogP contribution < -0.4 is 32.1 Å². The van der Waals surface area contributed by atoms with Crippen molar-refractivity contribution in [2.45, 2.75) is 20.5 Å². The number of rotatable bonds is 8. The number of anilines is 2. The number of nitrogen functional groups attached to an aromatic ring is 2. The van der Waals surface area contributed by atoms with Gasteiger partial charge in [0, 0.05) is 18.2 Å². The lowest BCUT2D eigenvalue weighted by atomic mass is 10.1. The molecule has 250 valence electrons. The van der Waals surface area contributed by atoms with Crippen molar-refractivity contribution in [2.75, 3.05) is 18.6 Å². The molecule has 0 radical (unpaired) electrons. The van der Waals surface area contributed by atoms with E-state index in [1.807, 2.05) is 68.4 Å². The summed E-state index contributed by atoms with van der Waals surface area (Å²) in [6.07, 6.45) is 0. The maximum absolute atomic E-state index is 13.1. The van der Waals surface area contributed by atoms with Crippen molar-refractivity contribution in [1.29, 1.82) is 0 Å². The van der Waals surface area contributed by atoms with E-state index in [1.165, 1.54) is 4.68 Å². The third-order valence-electron chi connectivity index (χ3n) is 8.51. The Labute approximate surface area is 283 Å². The number of H-pyrrole nitrogens is 4. The van der Waals surface area contributed by atoms with Crippen molar-refractivity contribution in [2.24, 2.45) is 0 Å².